The van der Waals surface area contributed by atoms with Crippen LogP contribution in [-0.4, -0.2) is 11.9 Å². The van der Waals surface area contributed by atoms with E-state index in [4.69, 9.17) is 0 Å². The third kappa shape index (κ3) is 1.55. The Kier molecular flexibility index (Phi) is 1.84. The summed E-state index contributed by atoms with van der Waals surface area (Å²) in [5.74, 6) is 1.12. The van der Waals surface area contributed by atoms with Crippen LogP contribution >= 0.6 is 0 Å². The summed E-state index contributed by atoms with van der Waals surface area (Å²) in [4.78, 5) is 11.1. The first-order chi connectivity index (χ1) is 5.34. The maximum Gasteiger partial charge on any atom is 0.220 e. The molecule has 2 atom stereocenters. The minimum absolute atomic E-state index is 0.277. The molecule has 0 radical (unpaired) electrons. The van der Waals surface area contributed by atoms with Gasteiger partial charge in [-0.05, 0) is 25.2 Å². The molecule has 1 saturated carbocycles. The van der Waals surface area contributed by atoms with Crippen LogP contribution in [0.1, 0.15) is 38.5 Å². The fourth-order valence-corrected chi connectivity index (χ4v) is 2.32. The van der Waals surface area contributed by atoms with Crippen molar-refractivity contribution in [3.63, 3.8) is 0 Å². The van der Waals surface area contributed by atoms with E-state index in [9.17, 15) is 4.79 Å². The fraction of sp³-hybridized carbons (Fsp3) is 0.889. The highest BCUT2D eigenvalue weighted by molar-refractivity contribution is 5.76. The average molecular weight is 153 g/mol. The highest BCUT2D eigenvalue weighted by atomic mass is 16.1. The molecule has 2 nitrogen and oxygen atoms in total. The monoisotopic (exact) mass is 153 g/mol. The molecular weight excluding hydrogens is 138 g/mol. The molecule has 11 heavy (non-hydrogen) atoms. The van der Waals surface area contributed by atoms with Gasteiger partial charge in [-0.1, -0.05) is 12.8 Å². The van der Waals surface area contributed by atoms with Crippen molar-refractivity contribution in [2.24, 2.45) is 5.92 Å². The molecular formula is C9H15NO. The van der Waals surface area contributed by atoms with Crippen LogP contribution in [0.5, 0.6) is 0 Å². The van der Waals surface area contributed by atoms with Gasteiger partial charge in [-0.25, -0.2) is 0 Å². The van der Waals surface area contributed by atoms with E-state index >= 15 is 0 Å². The van der Waals surface area contributed by atoms with Crippen LogP contribution in [0.25, 0.3) is 0 Å². The summed E-state index contributed by atoms with van der Waals surface area (Å²) in [6.45, 7) is 0. The van der Waals surface area contributed by atoms with Crippen molar-refractivity contribution in [3.05, 3.63) is 0 Å². The maximum absolute atomic E-state index is 11.1. The predicted octanol–water partition coefficient (Wildman–Crippen LogP) is 1.46. The largest absolute Gasteiger partial charge is 0.353 e. The van der Waals surface area contributed by atoms with Gasteiger partial charge in [0.05, 0.1) is 0 Å². The van der Waals surface area contributed by atoms with Crippen molar-refractivity contribution in [1.82, 2.24) is 5.32 Å². The van der Waals surface area contributed by atoms with E-state index < -0.39 is 0 Å². The molecule has 0 spiro atoms. The number of fused-ring (bicyclic) bond motifs is 2. The van der Waals surface area contributed by atoms with E-state index in [1.807, 2.05) is 0 Å². The summed E-state index contributed by atoms with van der Waals surface area (Å²) in [6.07, 6.45) is 7.01. The van der Waals surface area contributed by atoms with Gasteiger partial charge in [-0.3, -0.25) is 4.79 Å². The number of rotatable bonds is 0. The molecule has 0 aromatic rings. The average Bonchev–Trinajstić information content (AvgIpc) is 2.12. The number of amides is 1. The van der Waals surface area contributed by atoms with Crippen molar-refractivity contribution in [2.45, 2.75) is 44.6 Å². The van der Waals surface area contributed by atoms with E-state index in [1.54, 1.807) is 0 Å². The van der Waals surface area contributed by atoms with Gasteiger partial charge in [-0.2, -0.15) is 0 Å². The first kappa shape index (κ1) is 7.14. The van der Waals surface area contributed by atoms with Crippen LogP contribution in [0.3, 0.4) is 0 Å². The lowest BCUT2D eigenvalue weighted by atomic mass is 9.85. The quantitative estimate of drug-likeness (QED) is 0.560. The lowest BCUT2D eigenvalue weighted by Gasteiger charge is -2.25. The SMILES string of the molecule is O=C1CCC2CCC[C@@H](C2)N1. The van der Waals surface area contributed by atoms with E-state index in [2.05, 4.69) is 5.32 Å². The van der Waals surface area contributed by atoms with Crippen LogP contribution in [0, 0.1) is 5.92 Å². The maximum atomic E-state index is 11.1. The van der Waals surface area contributed by atoms with Gasteiger partial charge in [0.1, 0.15) is 0 Å². The zero-order chi connectivity index (χ0) is 7.68. The van der Waals surface area contributed by atoms with Crippen molar-refractivity contribution < 1.29 is 4.79 Å². The van der Waals surface area contributed by atoms with Gasteiger partial charge < -0.3 is 5.32 Å². The van der Waals surface area contributed by atoms with Gasteiger partial charge >= 0.3 is 0 Å². The first-order valence-corrected chi connectivity index (χ1v) is 4.64. The summed E-state index contributed by atoms with van der Waals surface area (Å²) in [7, 11) is 0. The van der Waals surface area contributed by atoms with Crippen LogP contribution in [0.15, 0.2) is 0 Å². The Morgan fingerprint density at radius 3 is 3.09 bits per heavy atom. The molecule has 1 heterocycles. The first-order valence-electron chi connectivity index (χ1n) is 4.64. The van der Waals surface area contributed by atoms with Crippen LogP contribution in [0.4, 0.5) is 0 Å². The van der Waals surface area contributed by atoms with E-state index in [0.717, 1.165) is 18.8 Å². The van der Waals surface area contributed by atoms with Crippen molar-refractivity contribution in [1.29, 1.82) is 0 Å². The Hall–Kier alpha value is -0.530. The van der Waals surface area contributed by atoms with Crippen LogP contribution in [0.2, 0.25) is 0 Å². The molecule has 1 saturated heterocycles. The van der Waals surface area contributed by atoms with Gasteiger partial charge in [0.2, 0.25) is 5.91 Å². The lowest BCUT2D eigenvalue weighted by molar-refractivity contribution is -0.121. The second kappa shape index (κ2) is 2.84. The molecule has 1 unspecified atom stereocenters. The molecule has 1 N–H and O–H groups in total. The lowest BCUT2D eigenvalue weighted by Crippen LogP contribution is -2.34. The van der Waals surface area contributed by atoms with E-state index in [1.165, 1.54) is 25.7 Å². The molecule has 62 valence electrons. The topological polar surface area (TPSA) is 29.1 Å². The molecule has 1 aliphatic carbocycles. The number of carbonyl (C=O) groups excluding carboxylic acids is 1. The third-order valence-corrected chi connectivity index (χ3v) is 2.93. The third-order valence-electron chi connectivity index (χ3n) is 2.93. The summed E-state index contributed by atoms with van der Waals surface area (Å²) in [5.41, 5.74) is 0. The zero-order valence-corrected chi connectivity index (χ0v) is 6.81. The van der Waals surface area contributed by atoms with E-state index in [0.29, 0.717) is 6.04 Å². The second-order valence-corrected chi connectivity index (χ2v) is 3.84. The Morgan fingerprint density at radius 1 is 1.27 bits per heavy atom. The molecule has 1 aliphatic heterocycles. The van der Waals surface area contributed by atoms with Crippen molar-refractivity contribution >= 4 is 5.91 Å². The number of hydrogen-bond donors (Lipinski definition) is 1. The molecule has 2 aliphatic rings. The standard InChI is InChI=1S/C9H15NO/c11-9-5-4-7-2-1-3-8(6-7)10-9/h7-8H,1-6H2,(H,10,11)/t7?,8-/m0/s1. The Morgan fingerprint density at radius 2 is 2.18 bits per heavy atom. The summed E-state index contributed by atoms with van der Waals surface area (Å²) < 4.78 is 0. The number of nitrogens with one attached hydrogen (secondary N) is 1. The summed E-state index contributed by atoms with van der Waals surface area (Å²) in [5, 5.41) is 3.07. The number of hydrogen-bond acceptors (Lipinski definition) is 1. The molecule has 2 rings (SSSR count). The van der Waals surface area contributed by atoms with Crippen molar-refractivity contribution in [3.8, 4) is 0 Å². The van der Waals surface area contributed by atoms with Gasteiger partial charge in [0.25, 0.3) is 0 Å². The van der Waals surface area contributed by atoms with Crippen LogP contribution < -0.4 is 5.32 Å². The minimum Gasteiger partial charge on any atom is -0.353 e. The second-order valence-electron chi connectivity index (χ2n) is 3.84. The molecule has 0 aromatic heterocycles. The minimum atomic E-state index is 0.277. The van der Waals surface area contributed by atoms with E-state index in [-0.39, 0.29) is 5.91 Å². The number of carbonyl (C=O) groups is 1. The van der Waals surface area contributed by atoms with Gasteiger partial charge in [-0.15, -0.1) is 0 Å². The highest BCUT2D eigenvalue weighted by Crippen LogP contribution is 2.29. The molecule has 1 amide bonds. The fourth-order valence-electron chi connectivity index (χ4n) is 2.32. The molecule has 2 bridgehead atoms. The Balaban J connectivity index is 2.04. The normalized spacial score (nSPS) is 37.6. The molecule has 2 heteroatoms. The summed E-state index contributed by atoms with van der Waals surface area (Å²) >= 11 is 0. The molecule has 2 fully saturated rings. The van der Waals surface area contributed by atoms with Gasteiger partial charge in [0.15, 0.2) is 0 Å². The Labute approximate surface area is 67.4 Å². The summed E-state index contributed by atoms with van der Waals surface area (Å²) in [6, 6.07) is 0.517. The zero-order valence-electron chi connectivity index (χ0n) is 6.81. The Bertz CT molecular complexity index is 167. The predicted molar refractivity (Wildman–Crippen MR) is 43.1 cm³/mol. The smallest absolute Gasteiger partial charge is 0.220 e. The highest BCUT2D eigenvalue weighted by Gasteiger charge is 2.26. The van der Waals surface area contributed by atoms with Crippen LogP contribution in [-0.2, 0) is 4.79 Å². The molecule has 0 aromatic carbocycles. The van der Waals surface area contributed by atoms with Crippen molar-refractivity contribution in [2.75, 3.05) is 0 Å². The van der Waals surface area contributed by atoms with Gasteiger partial charge in [0, 0.05) is 12.5 Å².